The molecule has 1 aliphatic heterocycles. The molecular formula is C19H26N2O4. The number of nitrogens with zero attached hydrogens (tertiary/aromatic N) is 2. The molecule has 0 unspecified atom stereocenters. The summed E-state index contributed by atoms with van der Waals surface area (Å²) in [5.41, 5.74) is 1.59. The Morgan fingerprint density at radius 3 is 2.44 bits per heavy atom. The molecule has 0 saturated carbocycles. The van der Waals surface area contributed by atoms with Gasteiger partial charge in [-0.25, -0.2) is 9.59 Å². The van der Waals surface area contributed by atoms with E-state index in [9.17, 15) is 9.59 Å². The lowest BCUT2D eigenvalue weighted by atomic mass is 10.1. The van der Waals surface area contributed by atoms with Gasteiger partial charge in [-0.3, -0.25) is 0 Å². The zero-order valence-corrected chi connectivity index (χ0v) is 15.4. The maximum atomic E-state index is 12.1. The van der Waals surface area contributed by atoms with Crippen LogP contribution in [0.5, 0.6) is 0 Å². The molecule has 0 radical (unpaired) electrons. The summed E-state index contributed by atoms with van der Waals surface area (Å²) in [5, 5.41) is 0. The van der Waals surface area contributed by atoms with E-state index in [-0.39, 0.29) is 11.9 Å². The Bertz CT molecular complexity index is 652. The molecule has 1 aliphatic rings. The van der Waals surface area contributed by atoms with Crippen molar-refractivity contribution in [3.63, 3.8) is 0 Å². The molecule has 0 spiro atoms. The number of benzene rings is 1. The van der Waals surface area contributed by atoms with Crippen molar-refractivity contribution in [2.24, 2.45) is 0 Å². The van der Waals surface area contributed by atoms with Crippen molar-refractivity contribution in [2.75, 3.05) is 38.2 Å². The van der Waals surface area contributed by atoms with E-state index in [4.69, 9.17) is 9.47 Å². The van der Waals surface area contributed by atoms with Crippen LogP contribution in [-0.4, -0.2) is 55.8 Å². The molecule has 0 bridgehead atoms. The lowest BCUT2D eigenvalue weighted by Crippen LogP contribution is -2.50. The Balaban J connectivity index is 1.96. The van der Waals surface area contributed by atoms with E-state index in [1.54, 1.807) is 4.90 Å². The van der Waals surface area contributed by atoms with Crippen molar-refractivity contribution in [3.8, 4) is 0 Å². The molecule has 1 saturated heterocycles. The molecule has 2 rings (SSSR count). The molecule has 0 N–H and O–H groups in total. The summed E-state index contributed by atoms with van der Waals surface area (Å²) < 4.78 is 10.4. The second-order valence-corrected chi connectivity index (χ2v) is 7.03. The van der Waals surface area contributed by atoms with Crippen molar-refractivity contribution in [1.82, 2.24) is 4.90 Å². The predicted octanol–water partition coefficient (Wildman–Crippen LogP) is 2.65. The Morgan fingerprint density at radius 1 is 1.20 bits per heavy atom. The van der Waals surface area contributed by atoms with Gasteiger partial charge in [0.15, 0.2) is 11.7 Å². The van der Waals surface area contributed by atoms with Crippen molar-refractivity contribution < 1.29 is 19.1 Å². The summed E-state index contributed by atoms with van der Waals surface area (Å²) >= 11 is 0. The van der Waals surface area contributed by atoms with Crippen LogP contribution < -0.4 is 4.90 Å². The number of piperazine rings is 1. The van der Waals surface area contributed by atoms with Crippen LogP contribution in [0.25, 0.3) is 0 Å². The molecule has 1 fully saturated rings. The number of hydrogen-bond donors (Lipinski definition) is 0. The van der Waals surface area contributed by atoms with Crippen LogP contribution in [-0.2, 0) is 20.7 Å². The monoisotopic (exact) mass is 346 g/mol. The van der Waals surface area contributed by atoms with Gasteiger partial charge in [0, 0.05) is 38.3 Å². The number of ether oxygens (including phenoxy) is 2. The fourth-order valence-corrected chi connectivity index (χ4v) is 2.67. The molecule has 0 aromatic heterocycles. The Labute approximate surface area is 149 Å². The molecule has 25 heavy (non-hydrogen) atoms. The van der Waals surface area contributed by atoms with Gasteiger partial charge in [-0.1, -0.05) is 12.1 Å². The number of allylic oxidation sites excluding steroid dienone is 1. The third-order valence-corrected chi connectivity index (χ3v) is 3.93. The van der Waals surface area contributed by atoms with E-state index in [0.29, 0.717) is 19.5 Å². The molecular weight excluding hydrogens is 320 g/mol. The zero-order valence-electron chi connectivity index (χ0n) is 15.4. The van der Waals surface area contributed by atoms with E-state index < -0.39 is 5.60 Å². The predicted molar refractivity (Wildman–Crippen MR) is 96.4 cm³/mol. The van der Waals surface area contributed by atoms with Crippen LogP contribution in [0.15, 0.2) is 30.0 Å². The summed E-state index contributed by atoms with van der Waals surface area (Å²) in [5.74, 6) is 2.09. The van der Waals surface area contributed by atoms with Gasteiger partial charge in [0.1, 0.15) is 5.60 Å². The van der Waals surface area contributed by atoms with Gasteiger partial charge in [-0.05, 0) is 38.5 Å². The molecule has 1 heterocycles. The maximum Gasteiger partial charge on any atom is 0.410 e. The van der Waals surface area contributed by atoms with E-state index in [1.165, 1.54) is 7.11 Å². The Morgan fingerprint density at radius 2 is 1.88 bits per heavy atom. The second kappa shape index (κ2) is 8.08. The van der Waals surface area contributed by atoms with Crippen LogP contribution in [0.1, 0.15) is 26.3 Å². The van der Waals surface area contributed by atoms with Gasteiger partial charge < -0.3 is 19.3 Å². The lowest BCUT2D eigenvalue weighted by molar-refractivity contribution is 0.0240. The van der Waals surface area contributed by atoms with E-state index in [0.717, 1.165) is 24.3 Å². The first-order valence-electron chi connectivity index (χ1n) is 8.42. The van der Waals surface area contributed by atoms with Crippen molar-refractivity contribution >= 4 is 17.7 Å². The van der Waals surface area contributed by atoms with Crippen molar-refractivity contribution in [3.05, 3.63) is 35.6 Å². The maximum absolute atomic E-state index is 12.1. The van der Waals surface area contributed by atoms with Gasteiger partial charge in [0.25, 0.3) is 0 Å². The van der Waals surface area contributed by atoms with Gasteiger partial charge in [0.05, 0.1) is 7.11 Å². The Kier molecular flexibility index (Phi) is 6.10. The van der Waals surface area contributed by atoms with E-state index >= 15 is 0 Å². The number of rotatable bonds is 4. The first kappa shape index (κ1) is 18.9. The van der Waals surface area contributed by atoms with Crippen LogP contribution in [0.4, 0.5) is 10.5 Å². The van der Waals surface area contributed by atoms with Crippen LogP contribution >= 0.6 is 0 Å². The SMILES string of the molecule is COC(=C=O)Cc1cccc(N2CCN(C(=O)OC(C)(C)C)CC2)c1. The molecule has 0 atom stereocenters. The number of carbonyl (C=O) groups is 1. The van der Waals surface area contributed by atoms with Crippen LogP contribution in [0.3, 0.4) is 0 Å². The fourth-order valence-electron chi connectivity index (χ4n) is 2.67. The number of carbonyl (C=O) groups excluding carboxylic acids is 2. The normalized spacial score (nSPS) is 14.7. The summed E-state index contributed by atoms with van der Waals surface area (Å²) in [6.07, 6.45) is 0.160. The summed E-state index contributed by atoms with van der Waals surface area (Å²) in [6.45, 7) is 8.33. The smallest absolute Gasteiger partial charge is 0.410 e. The van der Waals surface area contributed by atoms with Crippen LogP contribution in [0, 0.1) is 0 Å². The third-order valence-electron chi connectivity index (χ3n) is 3.93. The standard InChI is InChI=1S/C19H26N2O4/c1-19(2,3)25-18(23)21-10-8-20(9-11-21)16-7-5-6-15(12-16)13-17(14-22)24-4/h5-7,12H,8-11,13H2,1-4H3. The minimum atomic E-state index is -0.478. The second-order valence-electron chi connectivity index (χ2n) is 7.03. The first-order chi connectivity index (χ1) is 11.8. The highest BCUT2D eigenvalue weighted by molar-refractivity contribution is 5.68. The number of anilines is 1. The minimum absolute atomic E-state index is 0.262. The van der Waals surface area contributed by atoms with Gasteiger partial charge in [0.2, 0.25) is 0 Å². The fraction of sp³-hybridized carbons (Fsp3) is 0.526. The van der Waals surface area contributed by atoms with Gasteiger partial charge in [-0.15, -0.1) is 0 Å². The highest BCUT2D eigenvalue weighted by Crippen LogP contribution is 2.20. The molecule has 6 nitrogen and oxygen atoms in total. The number of amides is 1. The average molecular weight is 346 g/mol. The molecule has 0 aliphatic carbocycles. The van der Waals surface area contributed by atoms with Crippen LogP contribution in [0.2, 0.25) is 0 Å². The topological polar surface area (TPSA) is 59.1 Å². The lowest BCUT2D eigenvalue weighted by Gasteiger charge is -2.36. The van der Waals surface area contributed by atoms with E-state index in [2.05, 4.69) is 4.90 Å². The number of methoxy groups -OCH3 is 1. The van der Waals surface area contributed by atoms with Gasteiger partial charge >= 0.3 is 6.09 Å². The average Bonchev–Trinajstić information content (AvgIpc) is 2.58. The molecule has 1 aromatic carbocycles. The van der Waals surface area contributed by atoms with E-state index in [1.807, 2.05) is 51.0 Å². The zero-order chi connectivity index (χ0) is 18.4. The molecule has 1 aromatic rings. The molecule has 136 valence electrons. The summed E-state index contributed by atoms with van der Waals surface area (Å²) in [6, 6.07) is 7.99. The number of hydrogen-bond acceptors (Lipinski definition) is 5. The highest BCUT2D eigenvalue weighted by atomic mass is 16.6. The minimum Gasteiger partial charge on any atom is -0.489 e. The summed E-state index contributed by atoms with van der Waals surface area (Å²) in [4.78, 5) is 26.9. The third kappa shape index (κ3) is 5.54. The van der Waals surface area contributed by atoms with Crippen molar-refractivity contribution in [1.29, 1.82) is 0 Å². The first-order valence-corrected chi connectivity index (χ1v) is 8.42. The Hall–Kier alpha value is -2.46. The quantitative estimate of drug-likeness (QED) is 0.620. The summed E-state index contributed by atoms with van der Waals surface area (Å²) in [7, 11) is 1.47. The molecule has 6 heteroatoms. The van der Waals surface area contributed by atoms with Crippen molar-refractivity contribution in [2.45, 2.75) is 32.8 Å². The molecule has 1 amide bonds. The van der Waals surface area contributed by atoms with Gasteiger partial charge in [-0.2, -0.15) is 0 Å². The highest BCUT2D eigenvalue weighted by Gasteiger charge is 2.26. The largest absolute Gasteiger partial charge is 0.489 e.